The Hall–Kier alpha value is -2.58. The van der Waals surface area contributed by atoms with Gasteiger partial charge in [-0.05, 0) is 18.6 Å². The summed E-state index contributed by atoms with van der Waals surface area (Å²) in [5.41, 5.74) is -2.56. The van der Waals surface area contributed by atoms with Crippen LogP contribution in [0.4, 0.5) is 11.4 Å². The molecule has 0 heterocycles. The van der Waals surface area contributed by atoms with Gasteiger partial charge in [-0.3, -0.25) is 9.59 Å². The molecule has 27 heavy (non-hydrogen) atoms. The van der Waals surface area contributed by atoms with Crippen LogP contribution in [0.1, 0.15) is 5.56 Å². The van der Waals surface area contributed by atoms with E-state index in [4.69, 9.17) is 0 Å². The van der Waals surface area contributed by atoms with Crippen molar-refractivity contribution < 1.29 is 62.1 Å². The molecule has 0 unspecified atom stereocenters. The van der Waals surface area contributed by atoms with Crippen LogP contribution in [0.25, 0.3) is 0 Å². The van der Waals surface area contributed by atoms with E-state index in [1.54, 1.807) is 31.2 Å². The van der Waals surface area contributed by atoms with Gasteiger partial charge in [0.1, 0.15) is 0 Å². The molecule has 137 valence electrons. The number of aliphatic carboxylic acids is 2. The number of hydrogen-bond acceptors (Lipinski definition) is 4. The summed E-state index contributed by atoms with van der Waals surface area (Å²) in [5.74, 6) is -7.21. The van der Waals surface area contributed by atoms with Gasteiger partial charge < -0.3 is 20.8 Å². The van der Waals surface area contributed by atoms with Gasteiger partial charge >= 0.3 is 17.4 Å². The smallest absolute Gasteiger partial charge is 0.340 e. The minimum Gasteiger partial charge on any atom is -0.480 e. The van der Waals surface area contributed by atoms with E-state index in [1.165, 1.54) is 24.3 Å². The number of carbonyl (C=O) groups excluding carboxylic acids is 2. The molecule has 0 aliphatic carbocycles. The Balaban J connectivity index is 0.00000364. The van der Waals surface area contributed by atoms with E-state index in [9.17, 15) is 29.4 Å². The van der Waals surface area contributed by atoms with Crippen LogP contribution in [0.3, 0.4) is 0 Å². The van der Waals surface area contributed by atoms with Gasteiger partial charge in [0.05, 0.1) is 0 Å². The summed E-state index contributed by atoms with van der Waals surface area (Å²) in [5, 5.41) is 23.2. The van der Waals surface area contributed by atoms with Crippen molar-refractivity contribution in [1.29, 1.82) is 0 Å². The molecule has 0 saturated heterocycles. The molecule has 0 aliphatic heterocycles. The monoisotopic (exact) mass is 444 g/mol. The van der Waals surface area contributed by atoms with Gasteiger partial charge in [-0.15, -0.1) is 6.07 Å². The zero-order valence-corrected chi connectivity index (χ0v) is 17.1. The van der Waals surface area contributed by atoms with Crippen molar-refractivity contribution >= 4 is 35.1 Å². The molecule has 0 aromatic heterocycles. The quantitative estimate of drug-likeness (QED) is 0.395. The van der Waals surface area contributed by atoms with E-state index < -0.39 is 29.2 Å². The van der Waals surface area contributed by atoms with Gasteiger partial charge in [-0.1, -0.05) is 23.9 Å². The molecule has 0 bridgehead atoms. The summed E-state index contributed by atoms with van der Waals surface area (Å²) in [7, 11) is 0. The molecule has 1 radical (unpaired) electrons. The molecule has 4 N–H and O–H groups in total. The minimum absolute atomic E-state index is 0. The predicted molar refractivity (Wildman–Crippen MR) is 91.4 cm³/mol. The molecule has 9 heteroatoms. The molecular formula is C18H15N2O6Y-. The standard InChI is InChI=1S/C18H15N2O6.Y/c1-11-7-5-6-10-13(11)20-15(22)18(16(23)24,17(25)26)14(21)19-12-8-3-2-4-9-12;/h2-8,10H,1H3,(H,19,21)(H,20,22)(H,23,24)(H,25,26);/q-1;. The summed E-state index contributed by atoms with van der Waals surface area (Å²) in [6.07, 6.45) is 0. The van der Waals surface area contributed by atoms with E-state index in [1.807, 2.05) is 0 Å². The van der Waals surface area contributed by atoms with E-state index in [0.29, 0.717) is 5.56 Å². The van der Waals surface area contributed by atoms with E-state index in [0.717, 1.165) is 0 Å². The Bertz CT molecular complexity index is 855. The fourth-order valence-corrected chi connectivity index (χ4v) is 2.20. The third-order valence-corrected chi connectivity index (χ3v) is 3.67. The number of carboxylic acids is 2. The van der Waals surface area contributed by atoms with Crippen molar-refractivity contribution in [3.63, 3.8) is 0 Å². The predicted octanol–water partition coefficient (Wildman–Crippen LogP) is 1.53. The molecule has 0 fully saturated rings. The number of amides is 2. The number of aryl methyl sites for hydroxylation is 1. The van der Waals surface area contributed by atoms with Crippen LogP contribution >= 0.6 is 0 Å². The number of hydrogen-bond donors (Lipinski definition) is 4. The van der Waals surface area contributed by atoms with E-state index >= 15 is 0 Å². The Morgan fingerprint density at radius 3 is 1.96 bits per heavy atom. The normalized spacial score (nSPS) is 10.3. The van der Waals surface area contributed by atoms with Gasteiger partial charge in [-0.25, -0.2) is 9.59 Å². The van der Waals surface area contributed by atoms with Gasteiger partial charge in [-0.2, -0.15) is 24.3 Å². The molecule has 0 spiro atoms. The van der Waals surface area contributed by atoms with Crippen LogP contribution in [-0.2, 0) is 51.9 Å². The van der Waals surface area contributed by atoms with Crippen molar-refractivity contribution in [1.82, 2.24) is 0 Å². The number of nitrogens with one attached hydrogen (secondary N) is 2. The van der Waals surface area contributed by atoms with Crippen LogP contribution in [0.5, 0.6) is 0 Å². The number of rotatable bonds is 6. The maximum atomic E-state index is 12.6. The zero-order chi connectivity index (χ0) is 19.3. The van der Waals surface area contributed by atoms with Gasteiger partial charge in [0, 0.05) is 38.4 Å². The zero-order valence-electron chi connectivity index (χ0n) is 14.2. The molecule has 0 aliphatic rings. The second kappa shape index (κ2) is 9.39. The third-order valence-electron chi connectivity index (χ3n) is 3.67. The summed E-state index contributed by atoms with van der Waals surface area (Å²) in [4.78, 5) is 48.4. The second-order valence-electron chi connectivity index (χ2n) is 5.36. The van der Waals surface area contributed by atoms with E-state index in [2.05, 4.69) is 16.7 Å². The van der Waals surface area contributed by atoms with Crippen LogP contribution in [0.15, 0.2) is 48.5 Å². The molecule has 8 nitrogen and oxygen atoms in total. The SMILES string of the molecule is Cc1ccccc1NC(=O)C(C(=O)O)(C(=O)O)C(=O)Nc1[c-]cccc1.[Y]. The molecule has 0 atom stereocenters. The summed E-state index contributed by atoms with van der Waals surface area (Å²) >= 11 is 0. The maximum Gasteiger partial charge on any atom is 0.340 e. The molecule has 0 saturated carbocycles. The molecule has 2 amide bonds. The van der Waals surface area contributed by atoms with Gasteiger partial charge in [0.25, 0.3) is 11.8 Å². The fourth-order valence-electron chi connectivity index (χ4n) is 2.20. The van der Waals surface area contributed by atoms with Crippen molar-refractivity contribution in [2.75, 3.05) is 10.6 Å². The first-order chi connectivity index (χ1) is 12.3. The number of carbonyl (C=O) groups is 4. The Kier molecular flexibility index (Phi) is 7.81. The first-order valence-corrected chi connectivity index (χ1v) is 7.42. The van der Waals surface area contributed by atoms with Crippen LogP contribution < -0.4 is 10.6 Å². The van der Waals surface area contributed by atoms with Crippen LogP contribution in [0.2, 0.25) is 0 Å². The van der Waals surface area contributed by atoms with Crippen LogP contribution in [0, 0.1) is 18.4 Å². The van der Waals surface area contributed by atoms with Gasteiger partial charge in [0.15, 0.2) is 0 Å². The first-order valence-electron chi connectivity index (χ1n) is 7.42. The Morgan fingerprint density at radius 2 is 1.44 bits per heavy atom. The first kappa shape index (κ1) is 22.5. The average molecular weight is 444 g/mol. The molecule has 2 aromatic carbocycles. The number of benzene rings is 2. The summed E-state index contributed by atoms with van der Waals surface area (Å²) < 4.78 is 0. The van der Waals surface area contributed by atoms with Crippen molar-refractivity contribution in [3.05, 3.63) is 60.2 Å². The third kappa shape index (κ3) is 4.58. The summed E-state index contributed by atoms with van der Waals surface area (Å²) in [6, 6.07) is 14.9. The topological polar surface area (TPSA) is 133 Å². The van der Waals surface area contributed by atoms with Crippen molar-refractivity contribution in [3.8, 4) is 0 Å². The minimum atomic E-state index is -3.37. The molecule has 2 rings (SSSR count). The largest absolute Gasteiger partial charge is 0.480 e. The second-order valence-corrected chi connectivity index (χ2v) is 5.36. The van der Waals surface area contributed by atoms with Crippen LogP contribution in [-0.4, -0.2) is 34.0 Å². The van der Waals surface area contributed by atoms with Crippen molar-refractivity contribution in [2.45, 2.75) is 6.92 Å². The Morgan fingerprint density at radius 1 is 0.889 bits per heavy atom. The molecule has 2 aromatic rings. The van der Waals surface area contributed by atoms with E-state index in [-0.39, 0.29) is 44.1 Å². The summed E-state index contributed by atoms with van der Waals surface area (Å²) in [6.45, 7) is 1.64. The average Bonchev–Trinajstić information content (AvgIpc) is 2.57. The molecular weight excluding hydrogens is 429 g/mol. The maximum absolute atomic E-state index is 12.6. The van der Waals surface area contributed by atoms with Crippen molar-refractivity contribution in [2.24, 2.45) is 5.41 Å². The number of anilines is 2. The Labute approximate surface area is 179 Å². The van der Waals surface area contributed by atoms with Gasteiger partial charge in [0.2, 0.25) is 0 Å². The number of carboxylic acid groups (broad SMARTS) is 2. The fraction of sp³-hybridized carbons (Fsp3) is 0.111. The number of para-hydroxylation sites is 2.